The molecule has 0 radical (unpaired) electrons. The highest BCUT2D eigenvalue weighted by Gasteiger charge is 2.49. The van der Waals surface area contributed by atoms with Crippen LogP contribution in [0.15, 0.2) is 45.9 Å². The number of nitrogens with zero attached hydrogens (tertiary/aromatic N) is 3. The maximum Gasteiger partial charge on any atom is 0.278 e. The third kappa shape index (κ3) is 3.82. The molecule has 2 aliphatic carbocycles. The molecule has 35 heavy (non-hydrogen) atoms. The summed E-state index contributed by atoms with van der Waals surface area (Å²) in [5.41, 5.74) is 4.18. The second-order valence-electron chi connectivity index (χ2n) is 11.6. The van der Waals surface area contributed by atoms with Gasteiger partial charge >= 0.3 is 0 Å². The summed E-state index contributed by atoms with van der Waals surface area (Å²) in [6.07, 6.45) is 11.9. The van der Waals surface area contributed by atoms with Gasteiger partial charge in [0.05, 0.1) is 22.1 Å². The average molecular weight is 494 g/mol. The molecule has 6 heteroatoms. The predicted octanol–water partition coefficient (Wildman–Crippen LogP) is 5.27. The highest BCUT2D eigenvalue weighted by Crippen LogP contribution is 2.49. The van der Waals surface area contributed by atoms with Crippen LogP contribution < -0.4 is 4.90 Å². The van der Waals surface area contributed by atoms with Gasteiger partial charge in [-0.15, -0.1) is 0 Å². The van der Waals surface area contributed by atoms with E-state index in [1.807, 2.05) is 6.08 Å². The molecule has 1 unspecified atom stereocenters. The number of fused-ring (bicyclic) bond motifs is 5. The van der Waals surface area contributed by atoms with Crippen LogP contribution >= 0.6 is 11.6 Å². The fraction of sp³-hybridized carbons (Fsp3) is 0.586. The number of hydrogen-bond acceptors (Lipinski definition) is 4. The van der Waals surface area contributed by atoms with E-state index in [0.717, 1.165) is 25.3 Å². The number of amides is 1. The molecule has 1 saturated heterocycles. The van der Waals surface area contributed by atoms with Crippen molar-refractivity contribution < 1.29 is 9.90 Å². The van der Waals surface area contributed by atoms with E-state index in [0.29, 0.717) is 35.1 Å². The zero-order chi connectivity index (χ0) is 24.3. The van der Waals surface area contributed by atoms with Gasteiger partial charge in [-0.3, -0.25) is 4.79 Å². The van der Waals surface area contributed by atoms with E-state index in [4.69, 9.17) is 11.6 Å². The number of hydrogen-bond donors (Lipinski definition) is 1. The van der Waals surface area contributed by atoms with Crippen molar-refractivity contribution in [3.63, 3.8) is 0 Å². The molecule has 5 nitrogen and oxygen atoms in total. The topological polar surface area (TPSA) is 56.1 Å². The average Bonchev–Trinajstić information content (AvgIpc) is 3.10. The van der Waals surface area contributed by atoms with E-state index >= 15 is 0 Å². The number of carbonyl (C=O) groups is 1. The first-order valence-corrected chi connectivity index (χ1v) is 13.7. The number of anilines is 1. The van der Waals surface area contributed by atoms with Crippen LogP contribution in [0.25, 0.3) is 0 Å². The van der Waals surface area contributed by atoms with Gasteiger partial charge in [-0.25, -0.2) is 0 Å². The Balaban J connectivity index is 1.24. The number of halogens is 1. The molecule has 1 saturated carbocycles. The highest BCUT2D eigenvalue weighted by atomic mass is 35.5. The lowest BCUT2D eigenvalue weighted by atomic mass is 9.82. The van der Waals surface area contributed by atoms with E-state index in [1.165, 1.54) is 55.3 Å². The Bertz CT molecular complexity index is 1120. The Morgan fingerprint density at radius 3 is 2.57 bits per heavy atom. The summed E-state index contributed by atoms with van der Waals surface area (Å²) in [6, 6.07) is 7.60. The molecule has 186 valence electrons. The molecule has 6 rings (SSSR count). The lowest BCUT2D eigenvalue weighted by Crippen LogP contribution is -2.49. The number of amidine groups is 1. The first kappa shape index (κ1) is 23.4. The number of rotatable bonds is 3. The molecule has 0 bridgehead atoms. The van der Waals surface area contributed by atoms with Gasteiger partial charge in [0.25, 0.3) is 5.91 Å². The Kier molecular flexibility index (Phi) is 5.94. The molecular formula is C29H36ClN3O2. The van der Waals surface area contributed by atoms with Crippen molar-refractivity contribution in [2.24, 2.45) is 10.9 Å². The van der Waals surface area contributed by atoms with Crippen LogP contribution in [0, 0.1) is 5.92 Å². The van der Waals surface area contributed by atoms with Crippen molar-refractivity contribution in [3.05, 3.63) is 52.1 Å². The van der Waals surface area contributed by atoms with Gasteiger partial charge in [0.2, 0.25) is 0 Å². The van der Waals surface area contributed by atoms with E-state index in [9.17, 15) is 9.90 Å². The molecule has 2 fully saturated rings. The van der Waals surface area contributed by atoms with Gasteiger partial charge in [-0.2, -0.15) is 4.99 Å². The molecule has 1 amide bonds. The van der Waals surface area contributed by atoms with Crippen molar-refractivity contribution >= 4 is 29.0 Å². The molecule has 0 aromatic heterocycles. The SMILES string of the molecule is CC1(C)C2=NC(=O)C3=C(Cl)C=CCC3N2c2cc(C3CCN(C4CCC(CO)CC4)CC3)ccc21. The molecular weight excluding hydrogens is 458 g/mol. The van der Waals surface area contributed by atoms with Crippen LogP contribution in [0.3, 0.4) is 0 Å². The van der Waals surface area contributed by atoms with Gasteiger partial charge in [0.15, 0.2) is 0 Å². The second kappa shape index (κ2) is 8.86. The van der Waals surface area contributed by atoms with Gasteiger partial charge in [0.1, 0.15) is 5.84 Å². The minimum atomic E-state index is -0.306. The van der Waals surface area contributed by atoms with Gasteiger partial charge in [-0.05, 0) is 107 Å². The summed E-state index contributed by atoms with van der Waals surface area (Å²) < 4.78 is 0. The number of likely N-dealkylation sites (tertiary alicyclic amines) is 1. The minimum Gasteiger partial charge on any atom is -0.396 e. The molecule has 1 N–H and O–H groups in total. The lowest BCUT2D eigenvalue weighted by Gasteiger charge is -2.41. The van der Waals surface area contributed by atoms with E-state index < -0.39 is 0 Å². The number of benzene rings is 1. The molecule has 1 aromatic rings. The van der Waals surface area contributed by atoms with Crippen LogP contribution in [0.1, 0.15) is 75.8 Å². The Morgan fingerprint density at radius 1 is 1.11 bits per heavy atom. The molecule has 3 aliphatic heterocycles. The minimum absolute atomic E-state index is 0.0702. The number of allylic oxidation sites excluding steroid dienone is 2. The number of aliphatic hydroxyl groups is 1. The monoisotopic (exact) mass is 493 g/mol. The predicted molar refractivity (Wildman–Crippen MR) is 141 cm³/mol. The van der Waals surface area contributed by atoms with Crippen LogP contribution in [-0.4, -0.2) is 53.5 Å². The Labute approximate surface area is 213 Å². The van der Waals surface area contributed by atoms with Gasteiger partial charge in [0, 0.05) is 18.3 Å². The van der Waals surface area contributed by atoms with Gasteiger partial charge < -0.3 is 14.9 Å². The number of aliphatic hydroxyl groups excluding tert-OH is 1. The maximum atomic E-state index is 12.9. The lowest BCUT2D eigenvalue weighted by molar-refractivity contribution is -0.114. The molecule has 1 aromatic carbocycles. The van der Waals surface area contributed by atoms with Crippen LogP contribution in [0.4, 0.5) is 5.69 Å². The quantitative estimate of drug-likeness (QED) is 0.622. The Hall–Kier alpha value is -1.95. The fourth-order valence-corrected chi connectivity index (χ4v) is 7.46. The largest absolute Gasteiger partial charge is 0.396 e. The summed E-state index contributed by atoms with van der Waals surface area (Å²) in [5, 5.41) is 9.98. The summed E-state index contributed by atoms with van der Waals surface area (Å²) in [7, 11) is 0. The summed E-state index contributed by atoms with van der Waals surface area (Å²) in [5.74, 6) is 1.75. The smallest absolute Gasteiger partial charge is 0.278 e. The summed E-state index contributed by atoms with van der Waals surface area (Å²) in [4.78, 5) is 22.5. The summed E-state index contributed by atoms with van der Waals surface area (Å²) in [6.45, 7) is 7.01. The summed E-state index contributed by atoms with van der Waals surface area (Å²) >= 11 is 6.48. The van der Waals surface area contributed by atoms with Crippen LogP contribution in [0.5, 0.6) is 0 Å². The van der Waals surface area contributed by atoms with E-state index in [-0.39, 0.29) is 17.4 Å². The standard InChI is InChI=1S/C29H36ClN3O2/c1-29(2)22-11-8-20(19-12-14-32(15-13-19)21-9-6-18(17-34)7-10-21)16-25(22)33-24-5-3-4-23(30)26(24)27(35)31-28(29)33/h3-4,8,11,16,18-19,21,24,34H,5-7,9-10,12-15,17H2,1-2H3. The van der Waals surface area contributed by atoms with E-state index in [1.54, 1.807) is 0 Å². The molecule has 5 aliphatic rings. The highest BCUT2D eigenvalue weighted by molar-refractivity contribution is 6.35. The maximum absolute atomic E-state index is 12.9. The first-order chi connectivity index (χ1) is 16.9. The van der Waals surface area contributed by atoms with Crippen LogP contribution in [-0.2, 0) is 10.2 Å². The zero-order valence-electron chi connectivity index (χ0n) is 20.8. The van der Waals surface area contributed by atoms with E-state index in [2.05, 4.69) is 52.9 Å². The molecule has 1 atom stereocenters. The number of carbonyl (C=O) groups excluding carboxylic acids is 1. The van der Waals surface area contributed by atoms with Crippen molar-refractivity contribution in [1.29, 1.82) is 0 Å². The van der Waals surface area contributed by atoms with Crippen molar-refractivity contribution in [1.82, 2.24) is 4.90 Å². The first-order valence-electron chi connectivity index (χ1n) is 13.4. The normalized spacial score (nSPS) is 30.7. The Morgan fingerprint density at radius 2 is 1.86 bits per heavy atom. The third-order valence-corrected chi connectivity index (χ3v) is 9.63. The number of piperidine rings is 1. The molecule has 3 heterocycles. The second-order valence-corrected chi connectivity index (χ2v) is 12.0. The van der Waals surface area contributed by atoms with Crippen LogP contribution in [0.2, 0.25) is 0 Å². The van der Waals surface area contributed by atoms with Crippen molar-refractivity contribution in [3.8, 4) is 0 Å². The third-order valence-electron chi connectivity index (χ3n) is 9.30. The van der Waals surface area contributed by atoms with Crippen molar-refractivity contribution in [2.45, 2.75) is 82.2 Å². The number of aliphatic imine (C=N–C) groups is 1. The fourth-order valence-electron chi connectivity index (χ4n) is 7.17. The van der Waals surface area contributed by atoms with Crippen molar-refractivity contribution in [2.75, 3.05) is 24.6 Å². The van der Waals surface area contributed by atoms with Gasteiger partial charge in [-0.1, -0.05) is 29.8 Å². The molecule has 0 spiro atoms. The zero-order valence-corrected chi connectivity index (χ0v) is 21.6.